The maximum Gasteiger partial charge on any atom is 0.410 e. The van der Waals surface area contributed by atoms with Crippen molar-refractivity contribution in [2.45, 2.75) is 32.4 Å². The van der Waals surface area contributed by atoms with Crippen molar-refractivity contribution in [2.24, 2.45) is 0 Å². The zero-order chi connectivity index (χ0) is 17.9. The van der Waals surface area contributed by atoms with Gasteiger partial charge in [0.25, 0.3) is 0 Å². The molecule has 0 N–H and O–H groups in total. The topological polar surface area (TPSA) is 49.9 Å². The van der Waals surface area contributed by atoms with E-state index in [1.807, 2.05) is 39.0 Å². The number of hydrogen-bond acceptors (Lipinski definition) is 3. The Kier molecular flexibility index (Phi) is 5.54. The fourth-order valence-electron chi connectivity index (χ4n) is 2.66. The van der Waals surface area contributed by atoms with Crippen molar-refractivity contribution in [2.75, 3.05) is 19.6 Å². The van der Waals surface area contributed by atoms with Gasteiger partial charge in [0.15, 0.2) is 0 Å². The second-order valence-corrected chi connectivity index (χ2v) is 7.17. The molecule has 0 spiro atoms. The molecule has 5 nitrogen and oxygen atoms in total. The Labute approximate surface area is 147 Å². The molecule has 1 aromatic rings. The molecule has 2 amide bonds. The molecule has 0 bridgehead atoms. The van der Waals surface area contributed by atoms with Gasteiger partial charge in [-0.05, 0) is 44.5 Å². The van der Waals surface area contributed by atoms with Crippen LogP contribution in [0, 0.1) is 0 Å². The van der Waals surface area contributed by atoms with Gasteiger partial charge in [-0.1, -0.05) is 30.3 Å². The molecule has 1 aliphatic heterocycles. The van der Waals surface area contributed by atoms with Crippen LogP contribution in [0.25, 0.3) is 0 Å². The Morgan fingerprint density at radius 3 is 2.62 bits per heavy atom. The lowest BCUT2D eigenvalue weighted by Crippen LogP contribution is -2.52. The number of amides is 2. The average molecular weight is 351 g/mol. The van der Waals surface area contributed by atoms with Crippen molar-refractivity contribution in [3.63, 3.8) is 0 Å². The first kappa shape index (κ1) is 18.3. The zero-order valence-electron chi connectivity index (χ0n) is 14.3. The van der Waals surface area contributed by atoms with E-state index in [-0.39, 0.29) is 18.0 Å². The molecular weight excluding hydrogens is 328 g/mol. The van der Waals surface area contributed by atoms with Gasteiger partial charge in [0.2, 0.25) is 5.91 Å². The molecule has 0 aromatic heterocycles. The Morgan fingerprint density at radius 2 is 2.04 bits per heavy atom. The monoisotopic (exact) mass is 350 g/mol. The van der Waals surface area contributed by atoms with E-state index in [9.17, 15) is 9.59 Å². The molecule has 0 saturated carbocycles. The predicted molar refractivity (Wildman–Crippen MR) is 93.9 cm³/mol. The molecule has 1 saturated heterocycles. The standard InChI is InChI=1S/C18H23ClN2O3/c1-5-16(22)21-10-9-20(17(23)24-18(2,3)4)12-15(21)13-7-6-8-14(19)11-13/h5-8,11,15H,1,9-10,12H2,2-4H3. The molecule has 1 unspecified atom stereocenters. The smallest absolute Gasteiger partial charge is 0.410 e. The van der Waals surface area contributed by atoms with Crippen molar-refractivity contribution in [3.8, 4) is 0 Å². The highest BCUT2D eigenvalue weighted by atomic mass is 35.5. The molecule has 1 aromatic carbocycles. The van der Waals surface area contributed by atoms with Gasteiger partial charge in [-0.3, -0.25) is 4.79 Å². The molecule has 1 heterocycles. The van der Waals surface area contributed by atoms with Crippen LogP contribution in [0.2, 0.25) is 5.02 Å². The summed E-state index contributed by atoms with van der Waals surface area (Å²) in [7, 11) is 0. The number of hydrogen-bond donors (Lipinski definition) is 0. The minimum absolute atomic E-state index is 0.163. The van der Waals surface area contributed by atoms with Crippen molar-refractivity contribution in [3.05, 3.63) is 47.5 Å². The lowest BCUT2D eigenvalue weighted by molar-refractivity contribution is -0.131. The Hall–Kier alpha value is -2.01. The Bertz CT molecular complexity index is 639. The third-order valence-corrected chi connectivity index (χ3v) is 3.96. The summed E-state index contributed by atoms with van der Waals surface area (Å²) >= 11 is 6.08. The largest absolute Gasteiger partial charge is 0.444 e. The van der Waals surface area contributed by atoms with Crippen LogP contribution in [-0.2, 0) is 9.53 Å². The lowest BCUT2D eigenvalue weighted by atomic mass is 10.0. The van der Waals surface area contributed by atoms with Crippen LogP contribution in [0.3, 0.4) is 0 Å². The van der Waals surface area contributed by atoms with Gasteiger partial charge >= 0.3 is 6.09 Å². The normalized spacial score (nSPS) is 18.2. The summed E-state index contributed by atoms with van der Waals surface area (Å²) in [6, 6.07) is 7.04. The summed E-state index contributed by atoms with van der Waals surface area (Å²) in [6.07, 6.45) is 0.918. The van der Waals surface area contributed by atoms with Gasteiger partial charge in [-0.25, -0.2) is 4.79 Å². The molecule has 130 valence electrons. The van der Waals surface area contributed by atoms with Crippen LogP contribution in [0.1, 0.15) is 32.4 Å². The summed E-state index contributed by atoms with van der Waals surface area (Å²) in [5.41, 5.74) is 0.322. The maximum atomic E-state index is 12.4. The molecule has 6 heteroatoms. The number of nitrogens with zero attached hydrogens (tertiary/aromatic N) is 2. The zero-order valence-corrected chi connectivity index (χ0v) is 15.0. The highest BCUT2D eigenvalue weighted by Crippen LogP contribution is 2.28. The van der Waals surface area contributed by atoms with Crippen LogP contribution >= 0.6 is 11.6 Å². The number of piperazine rings is 1. The predicted octanol–water partition coefficient (Wildman–Crippen LogP) is 3.65. The van der Waals surface area contributed by atoms with Gasteiger partial charge < -0.3 is 14.5 Å². The van der Waals surface area contributed by atoms with E-state index in [2.05, 4.69) is 6.58 Å². The van der Waals surface area contributed by atoms with Crippen molar-refractivity contribution in [1.82, 2.24) is 9.80 Å². The average Bonchev–Trinajstić information content (AvgIpc) is 2.52. The first-order valence-corrected chi connectivity index (χ1v) is 8.25. The second-order valence-electron chi connectivity index (χ2n) is 6.73. The van der Waals surface area contributed by atoms with E-state index < -0.39 is 5.60 Å². The first-order valence-electron chi connectivity index (χ1n) is 7.87. The van der Waals surface area contributed by atoms with E-state index in [0.29, 0.717) is 24.7 Å². The van der Waals surface area contributed by atoms with Crippen molar-refractivity contribution >= 4 is 23.6 Å². The van der Waals surface area contributed by atoms with Gasteiger partial charge in [-0.15, -0.1) is 0 Å². The summed E-state index contributed by atoms with van der Waals surface area (Å²) in [5.74, 6) is -0.163. The number of carbonyl (C=O) groups excluding carboxylic acids is 2. The molecule has 24 heavy (non-hydrogen) atoms. The minimum Gasteiger partial charge on any atom is -0.444 e. The molecule has 1 atom stereocenters. The van der Waals surface area contributed by atoms with E-state index in [1.54, 1.807) is 15.9 Å². The highest BCUT2D eigenvalue weighted by molar-refractivity contribution is 6.30. The van der Waals surface area contributed by atoms with Gasteiger partial charge in [0, 0.05) is 24.7 Å². The third-order valence-electron chi connectivity index (χ3n) is 3.72. The van der Waals surface area contributed by atoms with Gasteiger partial charge in [-0.2, -0.15) is 0 Å². The van der Waals surface area contributed by atoms with Crippen molar-refractivity contribution in [1.29, 1.82) is 0 Å². The summed E-state index contributed by atoms with van der Waals surface area (Å²) < 4.78 is 5.44. The van der Waals surface area contributed by atoms with Crippen LogP contribution < -0.4 is 0 Å². The number of benzene rings is 1. The summed E-state index contributed by atoms with van der Waals surface area (Å²) in [6.45, 7) is 10.2. The summed E-state index contributed by atoms with van der Waals surface area (Å²) in [5, 5.41) is 0.591. The number of rotatable bonds is 2. The second kappa shape index (κ2) is 7.26. The molecule has 1 aliphatic rings. The SMILES string of the molecule is C=CC(=O)N1CCN(C(=O)OC(C)(C)C)CC1c1cccc(Cl)c1. The fraction of sp³-hybridized carbons (Fsp3) is 0.444. The van der Waals surface area contributed by atoms with Gasteiger partial charge in [0.05, 0.1) is 6.04 Å². The number of halogens is 1. The molecular formula is C18H23ClN2O3. The maximum absolute atomic E-state index is 12.4. The number of carbonyl (C=O) groups is 2. The molecule has 0 radical (unpaired) electrons. The Balaban J connectivity index is 2.25. The van der Waals surface area contributed by atoms with E-state index >= 15 is 0 Å². The fourth-order valence-corrected chi connectivity index (χ4v) is 2.85. The summed E-state index contributed by atoms with van der Waals surface area (Å²) in [4.78, 5) is 27.9. The van der Waals surface area contributed by atoms with Crippen LogP contribution in [0.5, 0.6) is 0 Å². The molecule has 0 aliphatic carbocycles. The van der Waals surface area contributed by atoms with Crippen molar-refractivity contribution < 1.29 is 14.3 Å². The van der Waals surface area contributed by atoms with Crippen LogP contribution in [0.15, 0.2) is 36.9 Å². The third kappa shape index (κ3) is 4.51. The van der Waals surface area contributed by atoms with E-state index in [1.165, 1.54) is 6.08 Å². The molecule has 2 rings (SSSR count). The Morgan fingerprint density at radius 1 is 1.33 bits per heavy atom. The first-order chi connectivity index (χ1) is 11.2. The highest BCUT2D eigenvalue weighted by Gasteiger charge is 2.34. The quantitative estimate of drug-likeness (QED) is 0.765. The lowest BCUT2D eigenvalue weighted by Gasteiger charge is -2.41. The van der Waals surface area contributed by atoms with Crippen LogP contribution in [-0.4, -0.2) is 47.0 Å². The number of ether oxygens (including phenoxy) is 1. The minimum atomic E-state index is -0.559. The van der Waals surface area contributed by atoms with Crippen LogP contribution in [0.4, 0.5) is 4.79 Å². The van der Waals surface area contributed by atoms with E-state index in [0.717, 1.165) is 5.56 Å². The van der Waals surface area contributed by atoms with Gasteiger partial charge in [0.1, 0.15) is 5.60 Å². The molecule has 1 fully saturated rings. The van der Waals surface area contributed by atoms with E-state index in [4.69, 9.17) is 16.3 Å².